The van der Waals surface area contributed by atoms with E-state index in [0.717, 1.165) is 11.3 Å². The van der Waals surface area contributed by atoms with Crippen molar-refractivity contribution in [3.63, 3.8) is 0 Å². The summed E-state index contributed by atoms with van der Waals surface area (Å²) < 4.78 is 5.41. The number of ether oxygens (including phenoxy) is 1. The molecule has 0 saturated carbocycles. The molecule has 2 rings (SSSR count). The molecule has 0 amide bonds. The second-order valence-electron chi connectivity index (χ2n) is 4.50. The molecule has 6 heteroatoms. The largest absolute Gasteiger partial charge is 0.494 e. The van der Waals surface area contributed by atoms with Crippen LogP contribution in [-0.2, 0) is 0 Å². The Morgan fingerprint density at radius 2 is 2.24 bits per heavy atom. The summed E-state index contributed by atoms with van der Waals surface area (Å²) in [7, 11) is 0. The highest BCUT2D eigenvalue weighted by atomic mass is 16.5. The molecule has 0 fully saturated rings. The third-order valence-electron chi connectivity index (χ3n) is 2.95. The maximum absolute atomic E-state index is 11.6. The van der Waals surface area contributed by atoms with Gasteiger partial charge in [-0.3, -0.25) is 9.78 Å². The van der Waals surface area contributed by atoms with Gasteiger partial charge in [0.1, 0.15) is 5.75 Å². The minimum Gasteiger partial charge on any atom is -0.494 e. The fourth-order valence-electron chi connectivity index (χ4n) is 1.72. The molecule has 0 spiro atoms. The Bertz CT molecular complexity index is 707. The van der Waals surface area contributed by atoms with Crippen LogP contribution in [0.4, 0.5) is 5.95 Å². The molecule has 0 aliphatic carbocycles. The fourth-order valence-corrected chi connectivity index (χ4v) is 1.72. The third kappa shape index (κ3) is 3.92. The Hall–Kier alpha value is -2.63. The highest BCUT2D eigenvalue weighted by Gasteiger charge is 2.02. The lowest BCUT2D eigenvalue weighted by Gasteiger charge is -2.04. The molecule has 1 aromatic carbocycles. The number of H-pyrrole nitrogens is 1. The summed E-state index contributed by atoms with van der Waals surface area (Å²) >= 11 is 0. The van der Waals surface area contributed by atoms with Crippen LogP contribution < -0.4 is 15.7 Å². The zero-order chi connectivity index (χ0) is 15.2. The number of aryl methyl sites for hydroxylation is 1. The van der Waals surface area contributed by atoms with Crippen molar-refractivity contribution in [3.05, 3.63) is 51.4 Å². The van der Waals surface area contributed by atoms with E-state index < -0.39 is 0 Å². The highest BCUT2D eigenvalue weighted by Crippen LogP contribution is 2.11. The van der Waals surface area contributed by atoms with Crippen molar-refractivity contribution in [2.45, 2.75) is 20.8 Å². The van der Waals surface area contributed by atoms with Crippen molar-refractivity contribution in [3.8, 4) is 5.75 Å². The molecule has 21 heavy (non-hydrogen) atoms. The molecule has 0 atom stereocenters. The average Bonchev–Trinajstić information content (AvgIpc) is 2.45. The summed E-state index contributed by atoms with van der Waals surface area (Å²) in [5.74, 6) is 1.11. The number of anilines is 1. The summed E-state index contributed by atoms with van der Waals surface area (Å²) in [5, 5.41) is 4.06. The molecule has 0 aliphatic heterocycles. The van der Waals surface area contributed by atoms with Gasteiger partial charge in [0.15, 0.2) is 0 Å². The molecule has 1 heterocycles. The second kappa shape index (κ2) is 6.69. The van der Waals surface area contributed by atoms with Gasteiger partial charge in [-0.05, 0) is 38.5 Å². The number of nitrogens with zero attached hydrogens (tertiary/aromatic N) is 2. The quantitative estimate of drug-likeness (QED) is 0.652. The molecule has 6 nitrogen and oxygen atoms in total. The Morgan fingerprint density at radius 3 is 2.95 bits per heavy atom. The molecule has 0 radical (unpaired) electrons. The zero-order valence-electron chi connectivity index (χ0n) is 12.3. The van der Waals surface area contributed by atoms with Crippen LogP contribution in [0.25, 0.3) is 0 Å². The van der Waals surface area contributed by atoms with Crippen molar-refractivity contribution >= 4 is 12.2 Å². The first-order chi connectivity index (χ1) is 10.1. The summed E-state index contributed by atoms with van der Waals surface area (Å²) in [5.41, 5.74) is 4.72. The van der Waals surface area contributed by atoms with Gasteiger partial charge in [-0.15, -0.1) is 0 Å². The van der Waals surface area contributed by atoms with Gasteiger partial charge in [-0.2, -0.15) is 5.10 Å². The van der Waals surface area contributed by atoms with Crippen LogP contribution in [0.5, 0.6) is 5.75 Å². The number of hydrogen-bond donors (Lipinski definition) is 2. The lowest BCUT2D eigenvalue weighted by Crippen LogP contribution is -2.15. The van der Waals surface area contributed by atoms with Crippen LogP contribution >= 0.6 is 0 Å². The molecular weight excluding hydrogens is 268 g/mol. The van der Waals surface area contributed by atoms with E-state index in [-0.39, 0.29) is 5.56 Å². The predicted molar refractivity (Wildman–Crippen MR) is 83.2 cm³/mol. The van der Waals surface area contributed by atoms with Gasteiger partial charge < -0.3 is 4.74 Å². The molecule has 0 saturated heterocycles. The van der Waals surface area contributed by atoms with Gasteiger partial charge in [0.05, 0.1) is 12.8 Å². The van der Waals surface area contributed by atoms with Gasteiger partial charge in [-0.25, -0.2) is 10.4 Å². The van der Waals surface area contributed by atoms with Crippen LogP contribution in [0.1, 0.15) is 23.7 Å². The van der Waals surface area contributed by atoms with E-state index in [9.17, 15) is 4.79 Å². The maximum atomic E-state index is 11.6. The van der Waals surface area contributed by atoms with E-state index in [2.05, 4.69) is 20.5 Å². The van der Waals surface area contributed by atoms with Crippen LogP contribution in [0.15, 0.2) is 34.2 Å². The molecule has 2 N–H and O–H groups in total. The van der Waals surface area contributed by atoms with Crippen LogP contribution in [0.3, 0.4) is 0 Å². The van der Waals surface area contributed by atoms with Crippen molar-refractivity contribution < 1.29 is 4.74 Å². The Morgan fingerprint density at radius 1 is 1.43 bits per heavy atom. The van der Waals surface area contributed by atoms with Gasteiger partial charge >= 0.3 is 0 Å². The number of benzene rings is 1. The standard InChI is InChI=1S/C15H18N4O2/c1-4-21-13-7-5-6-12(8-13)9-16-19-15-17-11(3)10(2)14(20)18-15/h5-9H,4H2,1-3H3,(H2,17,18,19,20)/b16-9-. The minimum absolute atomic E-state index is 0.168. The first-order valence-electron chi connectivity index (χ1n) is 6.69. The number of aromatic nitrogens is 2. The Balaban J connectivity index is 2.09. The van der Waals surface area contributed by atoms with E-state index >= 15 is 0 Å². The third-order valence-corrected chi connectivity index (χ3v) is 2.95. The van der Waals surface area contributed by atoms with Gasteiger partial charge in [-0.1, -0.05) is 12.1 Å². The van der Waals surface area contributed by atoms with Crippen LogP contribution in [-0.4, -0.2) is 22.8 Å². The summed E-state index contributed by atoms with van der Waals surface area (Å²) in [6, 6.07) is 7.56. The number of rotatable bonds is 5. The first-order valence-corrected chi connectivity index (χ1v) is 6.69. The lowest BCUT2D eigenvalue weighted by molar-refractivity contribution is 0.340. The number of nitrogens with one attached hydrogen (secondary N) is 2. The molecule has 0 unspecified atom stereocenters. The Kier molecular flexibility index (Phi) is 4.71. The highest BCUT2D eigenvalue weighted by molar-refractivity contribution is 5.80. The smallest absolute Gasteiger partial charge is 0.255 e. The minimum atomic E-state index is -0.168. The summed E-state index contributed by atoms with van der Waals surface area (Å²) in [6.07, 6.45) is 1.64. The normalized spacial score (nSPS) is 10.8. The summed E-state index contributed by atoms with van der Waals surface area (Å²) in [6.45, 7) is 6.06. The van der Waals surface area contributed by atoms with Crippen molar-refractivity contribution in [1.82, 2.24) is 9.97 Å². The average molecular weight is 286 g/mol. The van der Waals surface area contributed by atoms with Gasteiger partial charge in [0, 0.05) is 11.3 Å². The van der Waals surface area contributed by atoms with Gasteiger partial charge in [0.25, 0.3) is 5.56 Å². The first kappa shape index (κ1) is 14.8. The van der Waals surface area contributed by atoms with Crippen LogP contribution in [0.2, 0.25) is 0 Å². The van der Waals surface area contributed by atoms with E-state index in [1.165, 1.54) is 0 Å². The monoisotopic (exact) mass is 286 g/mol. The Labute approximate surface area is 122 Å². The SMILES string of the molecule is CCOc1cccc(/C=N\Nc2nc(C)c(C)c(=O)[nH]2)c1. The molecule has 0 bridgehead atoms. The molecule has 0 aliphatic rings. The summed E-state index contributed by atoms with van der Waals surface area (Å²) in [4.78, 5) is 18.4. The van der Waals surface area contributed by atoms with Crippen molar-refractivity contribution in [2.24, 2.45) is 5.10 Å². The topological polar surface area (TPSA) is 79.4 Å². The maximum Gasteiger partial charge on any atom is 0.255 e. The van der Waals surface area contributed by atoms with Crippen molar-refractivity contribution in [1.29, 1.82) is 0 Å². The van der Waals surface area contributed by atoms with Crippen molar-refractivity contribution in [2.75, 3.05) is 12.0 Å². The van der Waals surface area contributed by atoms with Gasteiger partial charge in [0.2, 0.25) is 5.95 Å². The van der Waals surface area contributed by atoms with E-state index in [4.69, 9.17) is 4.74 Å². The molecule has 110 valence electrons. The van der Waals surface area contributed by atoms with Crippen LogP contribution in [0, 0.1) is 13.8 Å². The number of hydrazone groups is 1. The molecule has 2 aromatic rings. The molecular formula is C15H18N4O2. The second-order valence-corrected chi connectivity index (χ2v) is 4.50. The zero-order valence-corrected chi connectivity index (χ0v) is 12.3. The van der Waals surface area contributed by atoms with E-state index in [1.54, 1.807) is 20.1 Å². The lowest BCUT2D eigenvalue weighted by atomic mass is 10.2. The molecule has 1 aromatic heterocycles. The number of aromatic amines is 1. The van der Waals surface area contributed by atoms with E-state index in [1.807, 2.05) is 31.2 Å². The van der Waals surface area contributed by atoms with E-state index in [0.29, 0.717) is 23.8 Å². The number of hydrogen-bond acceptors (Lipinski definition) is 5. The predicted octanol–water partition coefficient (Wildman–Crippen LogP) is 2.23. The fraction of sp³-hybridized carbons (Fsp3) is 0.267.